The van der Waals surface area contributed by atoms with E-state index in [1.54, 1.807) is 27.0 Å². The standard InChI is InChI=1S/C26H31N7O3S2/c1-7-19-18(14-28-23(30-19)33-38(35,36)26(4,5)6)16-12-17(20-11-9-10-15(3)29-20)22-21(13-16)31-25(37-22)32-24(34)27-8-2/h9-14H,7-8H2,1-6H3,(H,28,30,33)(H2,27,31,32,34). The lowest BCUT2D eigenvalue weighted by Crippen LogP contribution is -2.34. The highest BCUT2D eigenvalue weighted by Crippen LogP contribution is 2.39. The molecule has 3 aromatic heterocycles. The van der Waals surface area contributed by atoms with E-state index in [9.17, 15) is 13.2 Å². The average molecular weight is 554 g/mol. The van der Waals surface area contributed by atoms with Crippen LogP contribution in [0.4, 0.5) is 15.9 Å². The third kappa shape index (κ3) is 5.76. The molecule has 3 heterocycles. The van der Waals surface area contributed by atoms with Crippen LogP contribution in [0.1, 0.15) is 46.0 Å². The number of rotatable bonds is 7. The summed E-state index contributed by atoms with van der Waals surface area (Å²) in [5.74, 6) is 0.0317. The Morgan fingerprint density at radius 2 is 1.82 bits per heavy atom. The maximum absolute atomic E-state index is 12.6. The SMILES string of the molecule is CCNC(=O)Nc1nc2cc(-c3cnc(NS(=O)(=O)C(C)(C)C)nc3CC)cc(-c3cccc(C)n3)c2s1. The Balaban J connectivity index is 1.84. The number of pyridine rings is 1. The number of anilines is 2. The number of benzene rings is 1. The van der Waals surface area contributed by atoms with E-state index in [0.29, 0.717) is 29.3 Å². The molecule has 0 aliphatic rings. The number of thiazole rings is 1. The van der Waals surface area contributed by atoms with Gasteiger partial charge in [-0.25, -0.2) is 28.2 Å². The predicted molar refractivity (Wildman–Crippen MR) is 153 cm³/mol. The highest BCUT2D eigenvalue weighted by atomic mass is 32.2. The third-order valence-corrected chi connectivity index (χ3v) is 8.84. The van der Waals surface area contributed by atoms with Crippen molar-refractivity contribution in [3.8, 4) is 22.4 Å². The molecule has 0 fully saturated rings. The number of sulfonamides is 1. The van der Waals surface area contributed by atoms with Gasteiger partial charge in [-0.3, -0.25) is 15.0 Å². The lowest BCUT2D eigenvalue weighted by Gasteiger charge is -2.20. The zero-order chi connectivity index (χ0) is 27.7. The van der Waals surface area contributed by atoms with Crippen LogP contribution in [0.5, 0.6) is 0 Å². The number of amides is 2. The van der Waals surface area contributed by atoms with Crippen molar-refractivity contribution < 1.29 is 13.2 Å². The van der Waals surface area contributed by atoms with E-state index in [1.165, 1.54) is 11.3 Å². The number of nitrogens with one attached hydrogen (secondary N) is 3. The monoisotopic (exact) mass is 553 g/mol. The van der Waals surface area contributed by atoms with Crippen molar-refractivity contribution in [3.05, 3.63) is 47.9 Å². The van der Waals surface area contributed by atoms with Crippen LogP contribution in [0.3, 0.4) is 0 Å². The van der Waals surface area contributed by atoms with Gasteiger partial charge in [-0.2, -0.15) is 0 Å². The smallest absolute Gasteiger partial charge is 0.321 e. The second-order valence-corrected chi connectivity index (χ2v) is 13.1. The van der Waals surface area contributed by atoms with Crippen LogP contribution in [0.15, 0.2) is 36.5 Å². The summed E-state index contributed by atoms with van der Waals surface area (Å²) in [4.78, 5) is 30.4. The molecule has 2 amide bonds. The second kappa shape index (κ2) is 10.6. The summed E-state index contributed by atoms with van der Waals surface area (Å²) >= 11 is 1.37. The maximum Gasteiger partial charge on any atom is 0.321 e. The van der Waals surface area contributed by atoms with Gasteiger partial charge < -0.3 is 5.32 Å². The zero-order valence-corrected chi connectivity index (χ0v) is 23.8. The Morgan fingerprint density at radius 1 is 1.05 bits per heavy atom. The first-order chi connectivity index (χ1) is 17.9. The van der Waals surface area contributed by atoms with E-state index in [1.807, 2.05) is 51.1 Å². The van der Waals surface area contributed by atoms with Crippen LogP contribution in [0.2, 0.25) is 0 Å². The fraction of sp³-hybridized carbons (Fsp3) is 0.346. The zero-order valence-electron chi connectivity index (χ0n) is 22.2. The predicted octanol–water partition coefficient (Wildman–Crippen LogP) is 5.37. The molecular formula is C26H31N7O3S2. The molecular weight excluding hydrogens is 522 g/mol. The average Bonchev–Trinajstić information content (AvgIpc) is 3.24. The third-order valence-electron chi connectivity index (χ3n) is 5.76. The van der Waals surface area contributed by atoms with Gasteiger partial charge in [-0.1, -0.05) is 24.3 Å². The van der Waals surface area contributed by atoms with Crippen LogP contribution in [0.25, 0.3) is 32.6 Å². The Kier molecular flexibility index (Phi) is 7.65. The van der Waals surface area contributed by atoms with Crippen molar-refractivity contribution in [1.29, 1.82) is 0 Å². The molecule has 3 N–H and O–H groups in total. The van der Waals surface area contributed by atoms with Gasteiger partial charge in [-0.05, 0) is 70.9 Å². The van der Waals surface area contributed by atoms with Gasteiger partial charge in [0.05, 0.1) is 26.4 Å². The molecule has 10 nitrogen and oxygen atoms in total. The highest BCUT2D eigenvalue weighted by molar-refractivity contribution is 7.94. The fourth-order valence-corrected chi connectivity index (χ4v) is 5.29. The molecule has 0 saturated heterocycles. The summed E-state index contributed by atoms with van der Waals surface area (Å²) in [7, 11) is -3.67. The first-order valence-electron chi connectivity index (χ1n) is 12.2. The molecule has 12 heteroatoms. The lowest BCUT2D eigenvalue weighted by atomic mass is 9.99. The lowest BCUT2D eigenvalue weighted by molar-refractivity contribution is 0.252. The van der Waals surface area contributed by atoms with Gasteiger partial charge in [-0.15, -0.1) is 0 Å². The van der Waals surface area contributed by atoms with E-state index in [-0.39, 0.29) is 12.0 Å². The van der Waals surface area contributed by atoms with Crippen LogP contribution >= 0.6 is 11.3 Å². The Labute approximate surface area is 226 Å². The number of aromatic nitrogens is 4. The Hall–Kier alpha value is -3.64. The van der Waals surface area contributed by atoms with Crippen molar-refractivity contribution in [2.45, 2.75) is 52.7 Å². The van der Waals surface area contributed by atoms with Crippen molar-refractivity contribution in [2.24, 2.45) is 0 Å². The molecule has 0 bridgehead atoms. The van der Waals surface area contributed by atoms with Crippen LogP contribution in [0, 0.1) is 6.92 Å². The molecule has 0 spiro atoms. The van der Waals surface area contributed by atoms with Gasteiger partial charge in [0.15, 0.2) is 5.13 Å². The summed E-state index contributed by atoms with van der Waals surface area (Å²) in [6.45, 7) is 11.1. The van der Waals surface area contributed by atoms with Crippen molar-refractivity contribution in [2.75, 3.05) is 16.6 Å². The van der Waals surface area contributed by atoms with Crippen LogP contribution < -0.4 is 15.4 Å². The van der Waals surface area contributed by atoms with Crippen LogP contribution in [-0.4, -0.2) is 45.7 Å². The van der Waals surface area contributed by atoms with Crippen molar-refractivity contribution in [1.82, 2.24) is 25.3 Å². The number of hydrogen-bond acceptors (Lipinski definition) is 8. The van der Waals surface area contributed by atoms with Crippen LogP contribution in [-0.2, 0) is 16.4 Å². The molecule has 38 heavy (non-hydrogen) atoms. The number of aryl methyl sites for hydroxylation is 2. The summed E-state index contributed by atoms with van der Waals surface area (Å²) < 4.78 is 27.6. The van der Waals surface area contributed by atoms with Gasteiger partial charge >= 0.3 is 6.03 Å². The normalized spacial score (nSPS) is 11.9. The van der Waals surface area contributed by atoms with Gasteiger partial charge in [0.2, 0.25) is 16.0 Å². The molecule has 0 radical (unpaired) electrons. The summed E-state index contributed by atoms with van der Waals surface area (Å²) in [5, 5.41) is 5.97. The van der Waals surface area contributed by atoms with E-state index >= 15 is 0 Å². The van der Waals surface area contributed by atoms with Gasteiger partial charge in [0, 0.05) is 29.6 Å². The van der Waals surface area contributed by atoms with Gasteiger partial charge in [0.1, 0.15) is 0 Å². The number of urea groups is 1. The molecule has 4 rings (SSSR count). The fourth-order valence-electron chi connectivity index (χ4n) is 3.68. The topological polar surface area (TPSA) is 139 Å². The van der Waals surface area contributed by atoms with E-state index < -0.39 is 14.8 Å². The molecule has 0 aliphatic carbocycles. The quantitative estimate of drug-likeness (QED) is 0.280. The largest absolute Gasteiger partial charge is 0.338 e. The minimum atomic E-state index is -3.67. The second-order valence-electron chi connectivity index (χ2n) is 9.67. The minimum Gasteiger partial charge on any atom is -0.338 e. The number of fused-ring (bicyclic) bond motifs is 1. The number of carbonyl (C=O) groups excluding carboxylic acids is 1. The summed E-state index contributed by atoms with van der Waals surface area (Å²) in [6.07, 6.45) is 2.18. The van der Waals surface area contributed by atoms with E-state index in [2.05, 4.69) is 30.3 Å². The molecule has 1 aromatic carbocycles. The molecule has 0 saturated carbocycles. The highest BCUT2D eigenvalue weighted by Gasteiger charge is 2.30. The van der Waals surface area contributed by atoms with E-state index in [0.717, 1.165) is 32.8 Å². The maximum atomic E-state index is 12.6. The molecule has 0 atom stereocenters. The summed E-state index contributed by atoms with van der Waals surface area (Å²) in [5.41, 5.74) is 5.46. The van der Waals surface area contributed by atoms with Crippen molar-refractivity contribution >= 4 is 48.7 Å². The number of carbonyl (C=O) groups is 1. The summed E-state index contributed by atoms with van der Waals surface area (Å²) in [6, 6.07) is 9.42. The molecule has 0 aliphatic heterocycles. The Bertz CT molecular complexity index is 1610. The molecule has 0 unspecified atom stereocenters. The Morgan fingerprint density at radius 3 is 2.47 bits per heavy atom. The van der Waals surface area contributed by atoms with Gasteiger partial charge in [0.25, 0.3) is 0 Å². The first-order valence-corrected chi connectivity index (χ1v) is 14.5. The number of nitrogens with zero attached hydrogens (tertiary/aromatic N) is 4. The minimum absolute atomic E-state index is 0.0317. The van der Waals surface area contributed by atoms with E-state index in [4.69, 9.17) is 4.98 Å². The first kappa shape index (κ1) is 27.4. The number of hydrogen-bond donors (Lipinski definition) is 3. The van der Waals surface area contributed by atoms with Crippen molar-refractivity contribution in [3.63, 3.8) is 0 Å². The molecule has 4 aromatic rings. The molecule has 200 valence electrons.